The van der Waals surface area contributed by atoms with E-state index in [0.717, 1.165) is 35.4 Å². The van der Waals surface area contributed by atoms with Crippen LogP contribution in [-0.4, -0.2) is 91.1 Å². The summed E-state index contributed by atoms with van der Waals surface area (Å²) in [7, 11) is -5.06. The molecule has 6 aromatic carbocycles. The minimum atomic E-state index is -4.64. The number of hydrogen-bond acceptors (Lipinski definition) is 13. The second-order valence-corrected chi connectivity index (χ2v) is 21.3. The second-order valence-electron chi connectivity index (χ2n) is 17.6. The van der Waals surface area contributed by atoms with Crippen LogP contribution < -0.4 is 41.4 Å². The van der Waals surface area contributed by atoms with Crippen LogP contribution in [0.5, 0.6) is 23.0 Å². The van der Waals surface area contributed by atoms with Gasteiger partial charge in [0.2, 0.25) is 0 Å². The first-order valence-electron chi connectivity index (χ1n) is 25.4. The molecule has 6 amide bonds. The zero-order valence-corrected chi connectivity index (χ0v) is 55.7. The third kappa shape index (κ3) is 29.7. The zero-order valence-electron chi connectivity index (χ0n) is 48.3. The molecule has 34 heteroatoms. The summed E-state index contributed by atoms with van der Waals surface area (Å²) in [6.07, 6.45) is -6.42. The number of hydrogen-bond donors (Lipinski definition) is 9. The van der Waals surface area contributed by atoms with Crippen molar-refractivity contribution in [3.05, 3.63) is 214 Å². The Labute approximate surface area is 564 Å². The third-order valence-corrected chi connectivity index (χ3v) is 13.2. The van der Waals surface area contributed by atoms with Gasteiger partial charge in [-0.15, -0.1) is 0 Å². The van der Waals surface area contributed by atoms with Crippen LogP contribution in [0.1, 0.15) is 57.6 Å². The molecule has 8 rings (SSSR count). The van der Waals surface area contributed by atoms with Crippen LogP contribution in [0.15, 0.2) is 180 Å². The van der Waals surface area contributed by atoms with Crippen molar-refractivity contribution in [3.63, 3.8) is 0 Å². The molecule has 0 bridgehead atoms. The molecular formula is C59H60Cl2F6I2N8O14S2. The molecule has 0 aliphatic rings. The Bertz CT molecular complexity index is 3700. The fourth-order valence-corrected chi connectivity index (χ4v) is 8.00. The molecule has 502 valence electrons. The molecule has 0 aliphatic carbocycles. The highest BCUT2D eigenvalue weighted by Gasteiger charge is 2.34. The summed E-state index contributed by atoms with van der Waals surface area (Å²) in [5.41, 5.74) is 0.818. The summed E-state index contributed by atoms with van der Waals surface area (Å²) in [4.78, 5) is 55.3. The highest BCUT2D eigenvalue weighted by molar-refractivity contribution is 15.0. The number of halogens is 10. The molecule has 93 heavy (non-hydrogen) atoms. The number of nitrogens with zero attached hydrogens (tertiary/aromatic N) is 2. The maximum absolute atomic E-state index is 12.9. The highest BCUT2D eigenvalue weighted by atomic mass is 128. The lowest BCUT2D eigenvalue weighted by Crippen LogP contribution is -2.19. The summed E-state index contributed by atoms with van der Waals surface area (Å²) in [6, 6.07) is 35.2. The van der Waals surface area contributed by atoms with E-state index < -0.39 is 65.8 Å². The predicted molar refractivity (Wildman–Crippen MR) is 360 cm³/mol. The molecule has 0 spiro atoms. The molecule has 2 heterocycles. The SMILES string of the molecule is C.CCO.CNC(=O)c1cc(Oc2ccc(NC(=O)Nc3ccc(Cl)c(C(F)(F)F)c3)cc2)ccn1.CNC(=O)c1cc(Oc2ccc(NC(=O)Nc3ccc(Cl)c(C(F)(F)F)c3)cc2)ccn1.Cc1ccc(S(=O)(=O)O)cc1.Cc1ccc(S(=O)(=O)O)cc1.II.O. The lowest BCUT2D eigenvalue weighted by Gasteiger charge is -2.12. The van der Waals surface area contributed by atoms with E-state index in [4.69, 9.17) is 46.9 Å². The standard InChI is InChI=1S/2C21H16ClF3N4O3.2C7H8O3S.C2H6O.CH4.I2.H2O/c2*1-26-19(30)18-11-15(8-9-27-18)32-14-5-2-12(3-6-14)28-20(31)29-13-4-7-17(22)16(10-13)21(23,24)25;2*1-6-2-4-7(5-3-6)11(8,9)10;1-2-3;;1-2;/h2*2-11H,1H3,(H,26,30)(H2,28,29,31);2*2-5H,1H3,(H,8,9,10);3H,2H2,1H3;1H4;;1H2. The Morgan fingerprint density at radius 2 is 0.774 bits per heavy atom. The van der Waals surface area contributed by atoms with E-state index >= 15 is 0 Å². The maximum atomic E-state index is 12.9. The van der Waals surface area contributed by atoms with E-state index in [1.807, 2.05) is 13.8 Å². The number of aliphatic hydroxyl groups excluding tert-OH is 1. The van der Waals surface area contributed by atoms with Gasteiger partial charge in [-0.3, -0.25) is 28.7 Å². The van der Waals surface area contributed by atoms with Crippen molar-refractivity contribution in [2.24, 2.45) is 0 Å². The van der Waals surface area contributed by atoms with Crippen molar-refractivity contribution in [1.82, 2.24) is 20.6 Å². The molecule has 11 N–H and O–H groups in total. The van der Waals surface area contributed by atoms with Gasteiger partial charge < -0.3 is 52.0 Å². The van der Waals surface area contributed by atoms with Crippen LogP contribution in [0.25, 0.3) is 0 Å². The van der Waals surface area contributed by atoms with Crippen molar-refractivity contribution in [1.29, 1.82) is 0 Å². The third-order valence-electron chi connectivity index (χ3n) is 10.8. The molecule has 0 unspecified atom stereocenters. The van der Waals surface area contributed by atoms with Crippen molar-refractivity contribution in [2.45, 2.75) is 50.3 Å². The molecule has 0 atom stereocenters. The number of benzene rings is 6. The summed E-state index contributed by atoms with van der Waals surface area (Å²) < 4.78 is 148. The average Bonchev–Trinajstić information content (AvgIpc) is 0.939. The van der Waals surface area contributed by atoms with Crippen molar-refractivity contribution in [2.75, 3.05) is 42.0 Å². The molecule has 0 radical (unpaired) electrons. The summed E-state index contributed by atoms with van der Waals surface area (Å²) in [6.45, 7) is 5.61. The molecule has 0 saturated heterocycles. The molecule has 2 aromatic heterocycles. The molecule has 0 aliphatic heterocycles. The van der Waals surface area contributed by atoms with E-state index in [-0.39, 0.29) is 63.9 Å². The first-order valence-corrected chi connectivity index (χ1v) is 35.3. The lowest BCUT2D eigenvalue weighted by molar-refractivity contribution is -0.138. The number of aliphatic hydroxyl groups is 1. The largest absolute Gasteiger partial charge is 0.457 e. The topological polar surface area (TPSA) is 345 Å². The maximum Gasteiger partial charge on any atom is 0.417 e. The normalized spacial score (nSPS) is 10.5. The van der Waals surface area contributed by atoms with E-state index in [1.54, 1.807) is 91.9 Å². The fraction of sp³-hybridized carbons (Fsp3) is 0.153. The Hall–Kier alpha value is -7.94. The number of anilines is 4. The summed E-state index contributed by atoms with van der Waals surface area (Å²) >= 11 is 15.4. The van der Waals surface area contributed by atoms with Gasteiger partial charge in [0.05, 0.1) is 31.0 Å². The van der Waals surface area contributed by atoms with Gasteiger partial charge in [0.15, 0.2) is 0 Å². The number of urea groups is 2. The van der Waals surface area contributed by atoms with Crippen LogP contribution in [0, 0.1) is 13.8 Å². The van der Waals surface area contributed by atoms with E-state index in [1.165, 1.54) is 75.0 Å². The first kappa shape index (κ1) is 83.1. The second kappa shape index (κ2) is 39.6. The first-order chi connectivity index (χ1) is 42.7. The van der Waals surface area contributed by atoms with Gasteiger partial charge in [0.1, 0.15) is 34.4 Å². The number of amides is 6. The molecular weight excluding hydrogens is 1550 g/mol. The van der Waals surface area contributed by atoms with Gasteiger partial charge in [-0.2, -0.15) is 43.2 Å². The van der Waals surface area contributed by atoms with Gasteiger partial charge in [-0.1, -0.05) is 66.0 Å². The number of carbonyl (C=O) groups is 4. The van der Waals surface area contributed by atoms with Gasteiger partial charge >= 0.3 is 24.4 Å². The monoisotopic (exact) mass is 1610 g/mol. The van der Waals surface area contributed by atoms with Crippen LogP contribution in [0.2, 0.25) is 10.0 Å². The average molecular weight is 1610 g/mol. The van der Waals surface area contributed by atoms with Gasteiger partial charge in [0, 0.05) is 105 Å². The Morgan fingerprint density at radius 3 is 1.04 bits per heavy atom. The number of pyridine rings is 2. The fourth-order valence-electron chi connectivity index (χ4n) is 6.59. The van der Waals surface area contributed by atoms with Crippen LogP contribution in [-0.2, 0) is 32.6 Å². The van der Waals surface area contributed by atoms with Crippen LogP contribution in [0.4, 0.5) is 58.7 Å². The number of rotatable bonds is 12. The number of ether oxygens (including phenoxy) is 2. The Morgan fingerprint density at radius 1 is 0.495 bits per heavy atom. The van der Waals surface area contributed by atoms with E-state index in [2.05, 4.69) is 79.1 Å². The summed E-state index contributed by atoms with van der Waals surface area (Å²) in [5, 5.41) is 21.2. The van der Waals surface area contributed by atoms with Crippen molar-refractivity contribution < 1.29 is 91.5 Å². The lowest BCUT2D eigenvalue weighted by atomic mass is 10.2. The number of nitrogens with one attached hydrogen (secondary N) is 6. The van der Waals surface area contributed by atoms with Gasteiger partial charge in [-0.25, -0.2) is 9.59 Å². The number of alkyl halides is 6. The summed E-state index contributed by atoms with van der Waals surface area (Å²) in [5.74, 6) is 0.920. The minimum Gasteiger partial charge on any atom is -0.457 e. The highest BCUT2D eigenvalue weighted by Crippen LogP contribution is 2.38. The van der Waals surface area contributed by atoms with Crippen LogP contribution in [0.3, 0.4) is 0 Å². The smallest absolute Gasteiger partial charge is 0.417 e. The number of carbonyl (C=O) groups excluding carboxylic acids is 4. The van der Waals surface area contributed by atoms with Gasteiger partial charge in [0.25, 0.3) is 32.1 Å². The number of aryl methyl sites for hydroxylation is 2. The predicted octanol–water partition coefficient (Wildman–Crippen LogP) is 15.2. The van der Waals surface area contributed by atoms with E-state index in [9.17, 15) is 62.4 Å². The zero-order chi connectivity index (χ0) is 68.3. The molecule has 0 fully saturated rings. The van der Waals surface area contributed by atoms with Crippen LogP contribution >= 0.6 is 60.4 Å². The Kier molecular flexibility index (Phi) is 35.3. The molecule has 8 aromatic rings. The van der Waals surface area contributed by atoms with E-state index in [0.29, 0.717) is 34.4 Å². The van der Waals surface area contributed by atoms with Crippen molar-refractivity contribution >= 4 is 127 Å². The number of aromatic nitrogens is 2. The minimum absolute atomic E-state index is 0. The quantitative estimate of drug-likeness (QED) is 0.0312. The molecule has 22 nitrogen and oxygen atoms in total. The van der Waals surface area contributed by atoms with Crippen molar-refractivity contribution in [3.8, 4) is 23.0 Å². The molecule has 0 saturated carbocycles. The Balaban J connectivity index is 0.000000659. The van der Waals surface area contributed by atoms with Gasteiger partial charge in [-0.05, 0) is 142 Å².